The molecule has 0 spiro atoms. The van der Waals surface area contributed by atoms with Crippen molar-refractivity contribution in [3.05, 3.63) is 57.8 Å². The SMILES string of the molecule is CN=C(NCCCNC(=O)c1cccs1)N(C)Cc1ccc(C)cc1.I. The van der Waals surface area contributed by atoms with Crippen LogP contribution in [0.4, 0.5) is 0 Å². The molecule has 0 aliphatic heterocycles. The Balaban J connectivity index is 0.00000338. The van der Waals surface area contributed by atoms with Gasteiger partial charge < -0.3 is 15.5 Å². The Morgan fingerprint density at radius 1 is 1.15 bits per heavy atom. The van der Waals surface area contributed by atoms with Gasteiger partial charge in [0.15, 0.2) is 5.96 Å². The Morgan fingerprint density at radius 3 is 2.46 bits per heavy atom. The van der Waals surface area contributed by atoms with Crippen LogP contribution in [0.2, 0.25) is 0 Å². The van der Waals surface area contributed by atoms with Crippen molar-refractivity contribution in [2.45, 2.75) is 19.9 Å². The van der Waals surface area contributed by atoms with Crippen molar-refractivity contribution in [3.63, 3.8) is 0 Å². The van der Waals surface area contributed by atoms with Gasteiger partial charge in [0.1, 0.15) is 0 Å². The summed E-state index contributed by atoms with van der Waals surface area (Å²) in [7, 11) is 3.81. The van der Waals surface area contributed by atoms with E-state index in [-0.39, 0.29) is 29.9 Å². The second-order valence-corrected chi connectivity index (χ2v) is 6.85. The minimum Gasteiger partial charge on any atom is -0.356 e. The van der Waals surface area contributed by atoms with E-state index in [9.17, 15) is 4.79 Å². The number of carbonyl (C=O) groups is 1. The summed E-state index contributed by atoms with van der Waals surface area (Å²) >= 11 is 1.46. The summed E-state index contributed by atoms with van der Waals surface area (Å²) in [5, 5.41) is 8.17. The van der Waals surface area contributed by atoms with Crippen LogP contribution in [0.15, 0.2) is 46.8 Å². The largest absolute Gasteiger partial charge is 0.356 e. The molecule has 0 atom stereocenters. The van der Waals surface area contributed by atoms with Gasteiger partial charge in [0.05, 0.1) is 4.88 Å². The van der Waals surface area contributed by atoms with Crippen molar-refractivity contribution >= 4 is 47.2 Å². The Morgan fingerprint density at radius 2 is 1.85 bits per heavy atom. The summed E-state index contributed by atoms with van der Waals surface area (Å²) < 4.78 is 0. The Labute approximate surface area is 176 Å². The first kappa shape index (κ1) is 22.4. The molecule has 1 heterocycles. The van der Waals surface area contributed by atoms with E-state index in [1.807, 2.05) is 24.6 Å². The van der Waals surface area contributed by atoms with Crippen LogP contribution in [0, 0.1) is 6.92 Å². The zero-order valence-corrected chi connectivity index (χ0v) is 18.6. The Bertz CT molecular complexity index is 686. The number of guanidine groups is 1. The molecule has 0 aliphatic carbocycles. The summed E-state index contributed by atoms with van der Waals surface area (Å²) in [6.07, 6.45) is 0.842. The molecule has 0 saturated carbocycles. The lowest BCUT2D eigenvalue weighted by molar-refractivity contribution is 0.0957. The van der Waals surface area contributed by atoms with Gasteiger partial charge in [-0.1, -0.05) is 35.9 Å². The van der Waals surface area contributed by atoms with Gasteiger partial charge in [0.2, 0.25) is 0 Å². The van der Waals surface area contributed by atoms with Gasteiger partial charge in [-0.05, 0) is 30.4 Å². The van der Waals surface area contributed by atoms with Crippen molar-refractivity contribution in [1.82, 2.24) is 15.5 Å². The Hall–Kier alpha value is -1.61. The molecule has 7 heteroatoms. The Kier molecular flexibility index (Phi) is 10.3. The first-order chi connectivity index (χ1) is 12.1. The fourth-order valence-electron chi connectivity index (χ4n) is 2.41. The predicted octanol–water partition coefficient (Wildman–Crippen LogP) is 3.50. The number of hydrogen-bond donors (Lipinski definition) is 2. The van der Waals surface area contributed by atoms with Crippen LogP contribution in [0.3, 0.4) is 0 Å². The quantitative estimate of drug-likeness (QED) is 0.273. The third kappa shape index (κ3) is 7.33. The average Bonchev–Trinajstić information content (AvgIpc) is 3.14. The van der Waals surface area contributed by atoms with Crippen molar-refractivity contribution in [3.8, 4) is 0 Å². The van der Waals surface area contributed by atoms with E-state index in [0.717, 1.165) is 30.3 Å². The summed E-state index contributed by atoms with van der Waals surface area (Å²) in [5.74, 6) is 0.848. The molecule has 2 N–H and O–H groups in total. The van der Waals surface area contributed by atoms with Gasteiger partial charge in [0, 0.05) is 33.7 Å². The minimum absolute atomic E-state index is 0. The van der Waals surface area contributed by atoms with Crippen LogP contribution in [-0.2, 0) is 6.54 Å². The molecule has 0 unspecified atom stereocenters. The van der Waals surface area contributed by atoms with Crippen molar-refractivity contribution in [2.75, 3.05) is 27.2 Å². The lowest BCUT2D eigenvalue weighted by Crippen LogP contribution is -2.39. The van der Waals surface area contributed by atoms with Crippen molar-refractivity contribution in [1.29, 1.82) is 0 Å². The topological polar surface area (TPSA) is 56.7 Å². The van der Waals surface area contributed by atoms with E-state index in [1.54, 1.807) is 7.05 Å². The number of hydrogen-bond acceptors (Lipinski definition) is 3. The van der Waals surface area contributed by atoms with Crippen LogP contribution < -0.4 is 10.6 Å². The number of halogens is 1. The maximum Gasteiger partial charge on any atom is 0.261 e. The minimum atomic E-state index is -0.00382. The van der Waals surface area contributed by atoms with E-state index in [1.165, 1.54) is 22.5 Å². The van der Waals surface area contributed by atoms with Crippen LogP contribution in [0.25, 0.3) is 0 Å². The van der Waals surface area contributed by atoms with E-state index in [2.05, 4.69) is 51.7 Å². The third-order valence-corrected chi connectivity index (χ3v) is 4.65. The highest BCUT2D eigenvalue weighted by molar-refractivity contribution is 14.0. The molecular weight excluding hydrogens is 459 g/mol. The molecule has 1 aromatic heterocycles. The maximum atomic E-state index is 11.8. The molecule has 1 aromatic carbocycles. The summed E-state index contributed by atoms with van der Waals surface area (Å²) in [6, 6.07) is 12.2. The molecule has 0 fully saturated rings. The fraction of sp³-hybridized carbons (Fsp3) is 0.368. The smallest absolute Gasteiger partial charge is 0.261 e. The lowest BCUT2D eigenvalue weighted by Gasteiger charge is -2.22. The zero-order valence-electron chi connectivity index (χ0n) is 15.5. The molecule has 26 heavy (non-hydrogen) atoms. The molecule has 1 amide bonds. The molecule has 0 bridgehead atoms. The first-order valence-corrected chi connectivity index (χ1v) is 9.27. The number of amides is 1. The highest BCUT2D eigenvalue weighted by Crippen LogP contribution is 2.07. The molecule has 0 radical (unpaired) electrons. The lowest BCUT2D eigenvalue weighted by atomic mass is 10.1. The third-order valence-electron chi connectivity index (χ3n) is 3.78. The van der Waals surface area contributed by atoms with E-state index in [0.29, 0.717) is 6.54 Å². The standard InChI is InChI=1S/C19H26N4OS.HI/c1-15-7-9-16(10-8-15)14-23(3)19(20-2)22-12-5-11-21-18(24)17-6-4-13-25-17;/h4,6-10,13H,5,11-12,14H2,1-3H3,(H,20,22)(H,21,24);1H. The molecular formula is C19H27IN4OS. The normalized spacial score (nSPS) is 10.8. The fourth-order valence-corrected chi connectivity index (χ4v) is 3.05. The predicted molar refractivity (Wildman–Crippen MR) is 121 cm³/mol. The summed E-state index contributed by atoms with van der Waals surface area (Å²) in [5.41, 5.74) is 2.51. The zero-order chi connectivity index (χ0) is 18.1. The highest BCUT2D eigenvalue weighted by Gasteiger charge is 2.07. The van der Waals surface area contributed by atoms with E-state index in [4.69, 9.17) is 0 Å². The van der Waals surface area contributed by atoms with Gasteiger partial charge in [-0.15, -0.1) is 35.3 Å². The summed E-state index contributed by atoms with van der Waals surface area (Å²) in [4.78, 5) is 19.0. The number of aliphatic imine (C=N–C) groups is 1. The molecule has 2 aromatic rings. The molecule has 5 nitrogen and oxygen atoms in total. The van der Waals surface area contributed by atoms with Gasteiger partial charge >= 0.3 is 0 Å². The maximum absolute atomic E-state index is 11.8. The van der Waals surface area contributed by atoms with Crippen LogP contribution >= 0.6 is 35.3 Å². The van der Waals surface area contributed by atoms with Gasteiger partial charge in [0.25, 0.3) is 5.91 Å². The van der Waals surface area contributed by atoms with Gasteiger partial charge in [-0.2, -0.15) is 0 Å². The number of aryl methyl sites for hydroxylation is 1. The number of rotatable bonds is 7. The molecule has 2 rings (SSSR count). The van der Waals surface area contributed by atoms with E-state index < -0.39 is 0 Å². The molecule has 0 aliphatic rings. The van der Waals surface area contributed by atoms with E-state index >= 15 is 0 Å². The number of benzene rings is 1. The highest BCUT2D eigenvalue weighted by atomic mass is 127. The number of carbonyl (C=O) groups excluding carboxylic acids is 1. The van der Waals surface area contributed by atoms with Crippen molar-refractivity contribution < 1.29 is 4.79 Å². The molecule has 0 saturated heterocycles. The summed E-state index contributed by atoms with van der Waals surface area (Å²) in [6.45, 7) is 4.29. The monoisotopic (exact) mass is 486 g/mol. The van der Waals surface area contributed by atoms with Crippen molar-refractivity contribution in [2.24, 2.45) is 4.99 Å². The van der Waals surface area contributed by atoms with Crippen LogP contribution in [0.5, 0.6) is 0 Å². The number of nitrogens with one attached hydrogen (secondary N) is 2. The van der Waals surface area contributed by atoms with Crippen LogP contribution in [0.1, 0.15) is 27.2 Å². The number of nitrogens with zero attached hydrogens (tertiary/aromatic N) is 2. The number of thiophene rings is 1. The second kappa shape index (κ2) is 11.9. The second-order valence-electron chi connectivity index (χ2n) is 5.90. The van der Waals surface area contributed by atoms with Gasteiger partial charge in [-0.3, -0.25) is 9.79 Å². The average molecular weight is 486 g/mol. The molecule has 142 valence electrons. The first-order valence-electron chi connectivity index (χ1n) is 8.39. The van der Waals surface area contributed by atoms with Crippen LogP contribution in [-0.4, -0.2) is 44.0 Å². The van der Waals surface area contributed by atoms with Gasteiger partial charge in [-0.25, -0.2) is 0 Å².